The maximum Gasteiger partial charge on any atom is 0.262 e. The molecule has 0 aliphatic rings. The standard InChI is InChI=1S/C21H16FN3O3S/c22-17-6-2-1-4-14(17)11-23-19(26)13-7-8-16-18(10-13)24-21(29)25(20(16)27)12-15-5-3-9-28-15/h1-10H,11-12H2,(H,23,26)(H,24,29). The molecule has 29 heavy (non-hydrogen) atoms. The number of carbonyl (C=O) groups is 1. The molecule has 0 unspecified atom stereocenters. The largest absolute Gasteiger partial charge is 0.467 e. The first-order valence-corrected chi connectivity index (χ1v) is 9.24. The van der Waals surface area contributed by atoms with Gasteiger partial charge in [-0.05, 0) is 48.6 Å². The van der Waals surface area contributed by atoms with E-state index in [0.717, 1.165) is 0 Å². The highest BCUT2D eigenvalue weighted by atomic mass is 32.1. The van der Waals surface area contributed by atoms with E-state index in [-0.39, 0.29) is 35.1 Å². The van der Waals surface area contributed by atoms with E-state index in [2.05, 4.69) is 10.3 Å². The van der Waals surface area contributed by atoms with Gasteiger partial charge >= 0.3 is 0 Å². The monoisotopic (exact) mass is 409 g/mol. The average Bonchev–Trinajstić information content (AvgIpc) is 3.23. The van der Waals surface area contributed by atoms with Crippen molar-refractivity contribution < 1.29 is 13.6 Å². The highest BCUT2D eigenvalue weighted by Crippen LogP contribution is 2.13. The smallest absolute Gasteiger partial charge is 0.262 e. The summed E-state index contributed by atoms with van der Waals surface area (Å²) in [6.07, 6.45) is 1.53. The zero-order valence-electron chi connectivity index (χ0n) is 15.1. The Morgan fingerprint density at radius 1 is 1.17 bits per heavy atom. The number of hydrogen-bond acceptors (Lipinski definition) is 4. The molecule has 1 amide bonds. The van der Waals surface area contributed by atoms with Gasteiger partial charge in [-0.1, -0.05) is 18.2 Å². The summed E-state index contributed by atoms with van der Waals surface area (Å²) in [5.74, 6) is -0.156. The summed E-state index contributed by atoms with van der Waals surface area (Å²) in [7, 11) is 0. The number of carbonyl (C=O) groups excluding carboxylic acids is 1. The van der Waals surface area contributed by atoms with Gasteiger partial charge in [-0.2, -0.15) is 0 Å². The van der Waals surface area contributed by atoms with Gasteiger partial charge in [-0.3, -0.25) is 14.2 Å². The van der Waals surface area contributed by atoms with Crippen molar-refractivity contribution in [1.82, 2.24) is 14.9 Å². The highest BCUT2D eigenvalue weighted by Gasteiger charge is 2.12. The molecule has 0 aliphatic heterocycles. The lowest BCUT2D eigenvalue weighted by Gasteiger charge is -2.09. The molecule has 2 aromatic heterocycles. The van der Waals surface area contributed by atoms with Gasteiger partial charge in [0.1, 0.15) is 11.6 Å². The summed E-state index contributed by atoms with van der Waals surface area (Å²) in [5, 5.41) is 3.08. The molecular formula is C21H16FN3O3S. The van der Waals surface area contributed by atoms with Crippen LogP contribution in [0.25, 0.3) is 10.9 Å². The van der Waals surface area contributed by atoms with Gasteiger partial charge in [0.2, 0.25) is 0 Å². The number of benzene rings is 2. The number of aromatic nitrogens is 2. The molecule has 8 heteroatoms. The van der Waals surface area contributed by atoms with E-state index in [0.29, 0.717) is 27.8 Å². The minimum Gasteiger partial charge on any atom is -0.467 e. The normalized spacial score (nSPS) is 10.9. The number of H-pyrrole nitrogens is 1. The number of furan rings is 1. The predicted molar refractivity (Wildman–Crippen MR) is 109 cm³/mol. The molecule has 2 aromatic carbocycles. The molecule has 0 bridgehead atoms. The average molecular weight is 409 g/mol. The summed E-state index contributed by atoms with van der Waals surface area (Å²) < 4.78 is 20.6. The number of fused-ring (bicyclic) bond motifs is 1. The van der Waals surface area contributed by atoms with Crippen LogP contribution >= 0.6 is 12.2 Å². The Hall–Kier alpha value is -3.52. The van der Waals surface area contributed by atoms with Crippen molar-refractivity contribution in [2.75, 3.05) is 0 Å². The van der Waals surface area contributed by atoms with Crippen LogP contribution in [0.1, 0.15) is 21.7 Å². The molecule has 146 valence electrons. The SMILES string of the molecule is O=C(NCc1ccccc1F)c1ccc2c(=O)n(Cc3ccco3)c(=S)[nH]c2c1. The zero-order chi connectivity index (χ0) is 20.4. The maximum absolute atomic E-state index is 13.7. The Bertz CT molecular complexity index is 1310. The second-order valence-corrected chi connectivity index (χ2v) is 6.82. The lowest BCUT2D eigenvalue weighted by atomic mass is 10.1. The Morgan fingerprint density at radius 2 is 2.00 bits per heavy atom. The van der Waals surface area contributed by atoms with Crippen molar-refractivity contribution in [1.29, 1.82) is 0 Å². The number of nitrogens with zero attached hydrogens (tertiary/aromatic N) is 1. The topological polar surface area (TPSA) is 80.0 Å². The van der Waals surface area contributed by atoms with E-state index in [9.17, 15) is 14.0 Å². The highest BCUT2D eigenvalue weighted by molar-refractivity contribution is 7.71. The number of aromatic amines is 1. The van der Waals surface area contributed by atoms with E-state index < -0.39 is 0 Å². The number of rotatable bonds is 5. The summed E-state index contributed by atoms with van der Waals surface area (Å²) in [5.41, 5.74) is 0.900. The van der Waals surface area contributed by atoms with Crippen LogP contribution in [0.5, 0.6) is 0 Å². The van der Waals surface area contributed by atoms with Gasteiger partial charge in [0.05, 0.1) is 23.7 Å². The van der Waals surface area contributed by atoms with Crippen molar-refractivity contribution in [3.63, 3.8) is 0 Å². The van der Waals surface area contributed by atoms with E-state index in [4.69, 9.17) is 16.6 Å². The summed E-state index contributed by atoms with van der Waals surface area (Å²) in [4.78, 5) is 28.2. The van der Waals surface area contributed by atoms with E-state index >= 15 is 0 Å². The third kappa shape index (κ3) is 3.88. The quantitative estimate of drug-likeness (QED) is 0.492. The third-order valence-corrected chi connectivity index (χ3v) is 4.86. The predicted octanol–water partition coefficient (Wildman–Crippen LogP) is 3.77. The molecule has 0 spiro atoms. The van der Waals surface area contributed by atoms with Crippen molar-refractivity contribution in [3.05, 3.63) is 98.7 Å². The van der Waals surface area contributed by atoms with Crippen LogP contribution in [-0.4, -0.2) is 15.5 Å². The summed E-state index contributed by atoms with van der Waals surface area (Å²) in [6, 6.07) is 14.4. The Balaban J connectivity index is 1.61. The van der Waals surface area contributed by atoms with Crippen LogP contribution in [-0.2, 0) is 13.1 Å². The molecule has 4 rings (SSSR count). The minimum absolute atomic E-state index is 0.0598. The molecule has 2 N–H and O–H groups in total. The molecule has 4 aromatic rings. The fourth-order valence-electron chi connectivity index (χ4n) is 3.02. The molecule has 0 radical (unpaired) electrons. The molecule has 0 saturated carbocycles. The molecule has 0 atom stereocenters. The van der Waals surface area contributed by atoms with Gasteiger partial charge in [0.15, 0.2) is 4.77 Å². The molecular weight excluding hydrogens is 393 g/mol. The fourth-order valence-corrected chi connectivity index (χ4v) is 3.27. The van der Waals surface area contributed by atoms with E-state index in [1.165, 1.54) is 16.9 Å². The third-order valence-electron chi connectivity index (χ3n) is 4.54. The lowest BCUT2D eigenvalue weighted by molar-refractivity contribution is 0.0950. The fraction of sp³-hybridized carbons (Fsp3) is 0.0952. The Kier molecular flexibility index (Phi) is 5.09. The number of nitrogens with one attached hydrogen (secondary N) is 2. The lowest BCUT2D eigenvalue weighted by Crippen LogP contribution is -2.25. The summed E-state index contributed by atoms with van der Waals surface area (Å²) in [6.45, 7) is 0.270. The van der Waals surface area contributed by atoms with Crippen LogP contribution in [0, 0.1) is 10.6 Å². The second-order valence-electron chi connectivity index (χ2n) is 6.44. The minimum atomic E-state index is -0.382. The van der Waals surface area contributed by atoms with E-state index in [1.54, 1.807) is 48.5 Å². The first-order chi connectivity index (χ1) is 14.0. The van der Waals surface area contributed by atoms with Crippen LogP contribution in [0.3, 0.4) is 0 Å². The molecule has 0 saturated heterocycles. The summed E-state index contributed by atoms with van der Waals surface area (Å²) >= 11 is 5.30. The number of hydrogen-bond donors (Lipinski definition) is 2. The maximum atomic E-state index is 13.7. The van der Waals surface area contributed by atoms with Gasteiger partial charge < -0.3 is 14.7 Å². The first kappa shape index (κ1) is 18.8. The van der Waals surface area contributed by atoms with Crippen molar-refractivity contribution in [3.8, 4) is 0 Å². The zero-order valence-corrected chi connectivity index (χ0v) is 16.0. The Morgan fingerprint density at radius 3 is 2.76 bits per heavy atom. The first-order valence-electron chi connectivity index (χ1n) is 8.84. The van der Waals surface area contributed by atoms with Gasteiger partial charge in [-0.15, -0.1) is 0 Å². The van der Waals surface area contributed by atoms with Crippen LogP contribution in [0.4, 0.5) is 4.39 Å². The van der Waals surface area contributed by atoms with Gasteiger partial charge in [-0.25, -0.2) is 4.39 Å². The van der Waals surface area contributed by atoms with Crippen LogP contribution in [0.15, 0.2) is 70.1 Å². The van der Waals surface area contributed by atoms with Crippen molar-refractivity contribution in [2.45, 2.75) is 13.1 Å². The Labute approximate surface area is 169 Å². The number of amides is 1. The molecule has 6 nitrogen and oxygen atoms in total. The number of halogens is 1. The van der Waals surface area contributed by atoms with Gasteiger partial charge in [0, 0.05) is 17.7 Å². The van der Waals surface area contributed by atoms with Crippen molar-refractivity contribution in [2.24, 2.45) is 0 Å². The second kappa shape index (κ2) is 7.84. The van der Waals surface area contributed by atoms with Crippen molar-refractivity contribution >= 4 is 29.0 Å². The molecule has 0 fully saturated rings. The van der Waals surface area contributed by atoms with E-state index in [1.807, 2.05) is 0 Å². The van der Waals surface area contributed by atoms with Crippen LogP contribution in [0.2, 0.25) is 0 Å². The van der Waals surface area contributed by atoms with Gasteiger partial charge in [0.25, 0.3) is 11.5 Å². The molecule has 2 heterocycles. The molecule has 0 aliphatic carbocycles. The van der Waals surface area contributed by atoms with Crippen LogP contribution < -0.4 is 10.9 Å².